The first-order valence-corrected chi connectivity index (χ1v) is 3.85. The molecule has 0 spiro atoms. The Hall–Kier alpha value is 0.350. The molecule has 0 rings (SSSR count). The maximum Gasteiger partial charge on any atom is 0.213 e. The van der Waals surface area contributed by atoms with Gasteiger partial charge >= 0.3 is 0 Å². The minimum absolute atomic E-state index is 0.0117. The minimum Gasteiger partial charge on any atom is -0.351 e. The molecular weight excluding hydrogens is 210 g/mol. The molecule has 0 aromatic carbocycles. The van der Waals surface area contributed by atoms with Crippen molar-refractivity contribution in [1.82, 2.24) is 0 Å². The Morgan fingerprint density at radius 1 is 1.27 bits per heavy atom. The smallest absolute Gasteiger partial charge is 0.213 e. The molecule has 0 saturated carbocycles. The molecule has 0 aromatic rings. The van der Waals surface area contributed by atoms with Crippen LogP contribution in [0.1, 0.15) is 0 Å². The van der Waals surface area contributed by atoms with Gasteiger partial charge in [0, 0.05) is 0 Å². The first-order chi connectivity index (χ1) is 5.06. The third-order valence-corrected chi connectivity index (χ3v) is 0.945. The van der Waals surface area contributed by atoms with E-state index >= 15 is 0 Å². The second kappa shape index (κ2) is 5.93. The zero-order valence-corrected chi connectivity index (χ0v) is 7.92. The van der Waals surface area contributed by atoms with Crippen LogP contribution < -0.4 is 0 Å². The van der Waals surface area contributed by atoms with Crippen LogP contribution in [0, 0.1) is 12.3 Å². The number of hydrogen-bond acceptors (Lipinski definition) is 2. The van der Waals surface area contributed by atoms with E-state index < -0.39 is 3.79 Å². The van der Waals surface area contributed by atoms with Gasteiger partial charge in [0.2, 0.25) is 3.79 Å². The van der Waals surface area contributed by atoms with Gasteiger partial charge in [-0.2, -0.15) is 0 Å². The Morgan fingerprint density at radius 2 is 1.91 bits per heavy atom. The van der Waals surface area contributed by atoms with Gasteiger partial charge in [0.1, 0.15) is 13.4 Å². The summed E-state index contributed by atoms with van der Waals surface area (Å²) in [7, 11) is 0. The Bertz CT molecular complexity index is 136. The lowest BCUT2D eigenvalue weighted by Gasteiger charge is -2.10. The summed E-state index contributed by atoms with van der Waals surface area (Å²) in [6, 6.07) is 0. The van der Waals surface area contributed by atoms with Gasteiger partial charge < -0.3 is 9.47 Å². The average molecular weight is 217 g/mol. The summed E-state index contributed by atoms with van der Waals surface area (Å²) in [6.45, 7) is 0.222. The molecule has 0 aliphatic heterocycles. The van der Waals surface area contributed by atoms with Crippen molar-refractivity contribution >= 4 is 34.8 Å². The van der Waals surface area contributed by atoms with Crippen LogP contribution in [-0.2, 0) is 9.47 Å². The summed E-state index contributed by atoms with van der Waals surface area (Å²) in [5, 5.41) is 0. The van der Waals surface area contributed by atoms with Crippen molar-refractivity contribution in [1.29, 1.82) is 0 Å². The molecule has 0 N–H and O–H groups in total. The normalized spacial score (nSPS) is 11.1. The molecule has 0 saturated heterocycles. The van der Waals surface area contributed by atoms with Gasteiger partial charge in [0.05, 0.1) is 6.61 Å². The molecule has 0 amide bonds. The van der Waals surface area contributed by atoms with Crippen molar-refractivity contribution in [2.75, 3.05) is 20.0 Å². The molecular formula is C6H7Cl3O2. The van der Waals surface area contributed by atoms with Crippen LogP contribution in [0.2, 0.25) is 0 Å². The number of hydrogen-bond donors (Lipinski definition) is 0. The standard InChI is InChI=1S/C6H7Cl3O2/c1-2-3-10-5-11-4-6(7,8)9/h1H,3-5H2. The number of halogens is 3. The topological polar surface area (TPSA) is 18.5 Å². The Morgan fingerprint density at radius 3 is 2.36 bits per heavy atom. The van der Waals surface area contributed by atoms with E-state index in [0.29, 0.717) is 0 Å². The van der Waals surface area contributed by atoms with Crippen molar-refractivity contribution in [3.63, 3.8) is 0 Å². The highest BCUT2D eigenvalue weighted by molar-refractivity contribution is 6.67. The molecule has 0 fully saturated rings. The third kappa shape index (κ3) is 10.4. The molecule has 0 atom stereocenters. The van der Waals surface area contributed by atoms with Crippen LogP contribution in [0.3, 0.4) is 0 Å². The summed E-state index contributed by atoms with van der Waals surface area (Å²) in [6.07, 6.45) is 4.89. The predicted molar refractivity (Wildman–Crippen MR) is 45.9 cm³/mol. The lowest BCUT2D eigenvalue weighted by atomic mass is 10.8. The maximum atomic E-state index is 5.36. The summed E-state index contributed by atoms with van der Waals surface area (Å²) in [5.41, 5.74) is 0. The molecule has 0 aromatic heterocycles. The van der Waals surface area contributed by atoms with Gasteiger partial charge in [-0.05, 0) is 0 Å². The molecule has 2 nitrogen and oxygen atoms in total. The van der Waals surface area contributed by atoms with Gasteiger partial charge in [-0.3, -0.25) is 0 Å². The largest absolute Gasteiger partial charge is 0.351 e. The highest BCUT2D eigenvalue weighted by atomic mass is 35.6. The minimum atomic E-state index is -1.39. The second-order valence-corrected chi connectivity index (χ2v) is 4.15. The van der Waals surface area contributed by atoms with Crippen LogP contribution in [0.4, 0.5) is 0 Å². The maximum absolute atomic E-state index is 5.36. The Balaban J connectivity index is 3.10. The molecule has 64 valence electrons. The van der Waals surface area contributed by atoms with Crippen molar-refractivity contribution in [2.45, 2.75) is 3.79 Å². The number of ether oxygens (including phenoxy) is 2. The highest BCUT2D eigenvalue weighted by Crippen LogP contribution is 2.25. The first-order valence-electron chi connectivity index (χ1n) is 2.72. The molecule has 11 heavy (non-hydrogen) atoms. The van der Waals surface area contributed by atoms with Gasteiger partial charge in [-0.25, -0.2) is 0 Å². The van der Waals surface area contributed by atoms with E-state index in [-0.39, 0.29) is 20.0 Å². The zero-order valence-electron chi connectivity index (χ0n) is 5.65. The van der Waals surface area contributed by atoms with E-state index in [9.17, 15) is 0 Å². The van der Waals surface area contributed by atoms with Crippen molar-refractivity contribution < 1.29 is 9.47 Å². The highest BCUT2D eigenvalue weighted by Gasteiger charge is 2.19. The summed E-state index contributed by atoms with van der Waals surface area (Å²) >= 11 is 16.1. The van der Waals surface area contributed by atoms with Crippen LogP contribution in [0.25, 0.3) is 0 Å². The molecule has 5 heteroatoms. The fourth-order valence-electron chi connectivity index (χ4n) is 0.317. The van der Waals surface area contributed by atoms with E-state index in [1.54, 1.807) is 0 Å². The number of alkyl halides is 3. The monoisotopic (exact) mass is 216 g/mol. The summed E-state index contributed by atoms with van der Waals surface area (Å²) in [5.74, 6) is 2.26. The zero-order chi connectivity index (χ0) is 8.74. The van der Waals surface area contributed by atoms with E-state index in [2.05, 4.69) is 5.92 Å². The van der Waals surface area contributed by atoms with Crippen LogP contribution >= 0.6 is 34.8 Å². The fourth-order valence-corrected chi connectivity index (χ4v) is 0.548. The first kappa shape index (κ1) is 11.4. The molecule has 0 bridgehead atoms. The summed E-state index contributed by atoms with van der Waals surface area (Å²) < 4.78 is 8.14. The van der Waals surface area contributed by atoms with Gasteiger partial charge in [-0.1, -0.05) is 40.7 Å². The lowest BCUT2D eigenvalue weighted by Crippen LogP contribution is -2.14. The summed E-state index contributed by atoms with van der Waals surface area (Å²) in [4.78, 5) is 0. The van der Waals surface area contributed by atoms with E-state index in [1.807, 2.05) is 0 Å². The van der Waals surface area contributed by atoms with Crippen LogP contribution in [0.15, 0.2) is 0 Å². The molecule has 0 heterocycles. The van der Waals surface area contributed by atoms with Crippen LogP contribution in [0.5, 0.6) is 0 Å². The van der Waals surface area contributed by atoms with Crippen LogP contribution in [-0.4, -0.2) is 23.8 Å². The van der Waals surface area contributed by atoms with E-state index in [4.69, 9.17) is 50.7 Å². The van der Waals surface area contributed by atoms with E-state index in [1.165, 1.54) is 0 Å². The van der Waals surface area contributed by atoms with Crippen molar-refractivity contribution in [3.05, 3.63) is 0 Å². The lowest BCUT2D eigenvalue weighted by molar-refractivity contribution is -0.0402. The predicted octanol–water partition coefficient (Wildman–Crippen LogP) is 1.98. The van der Waals surface area contributed by atoms with Crippen molar-refractivity contribution in [3.8, 4) is 12.3 Å². The molecule has 0 aliphatic carbocycles. The molecule has 0 unspecified atom stereocenters. The number of terminal acetylenes is 1. The third-order valence-electron chi connectivity index (χ3n) is 0.618. The quantitative estimate of drug-likeness (QED) is 0.310. The van der Waals surface area contributed by atoms with Gasteiger partial charge in [0.15, 0.2) is 0 Å². The van der Waals surface area contributed by atoms with Gasteiger partial charge in [0.25, 0.3) is 0 Å². The van der Waals surface area contributed by atoms with Crippen molar-refractivity contribution in [2.24, 2.45) is 0 Å². The molecule has 0 aliphatic rings. The Labute approximate surface area is 80.7 Å². The van der Waals surface area contributed by atoms with Gasteiger partial charge in [-0.15, -0.1) is 6.42 Å². The second-order valence-electron chi connectivity index (χ2n) is 1.63. The Kier molecular flexibility index (Phi) is 6.12. The number of rotatable bonds is 4. The van der Waals surface area contributed by atoms with E-state index in [0.717, 1.165) is 0 Å². The fraction of sp³-hybridized carbons (Fsp3) is 0.667. The molecule has 0 radical (unpaired) electrons. The average Bonchev–Trinajstić information content (AvgIpc) is 1.85. The SMILES string of the molecule is C#CCOCOCC(Cl)(Cl)Cl.